The molecule has 0 saturated carbocycles. The first-order valence-electron chi connectivity index (χ1n) is 10.6. The molecule has 5 rings (SSSR count). The van der Waals surface area contributed by atoms with E-state index in [-0.39, 0.29) is 11.1 Å². The molecule has 2 unspecified atom stereocenters. The Balaban J connectivity index is 1.28. The average molecular weight is 477 g/mol. The lowest BCUT2D eigenvalue weighted by atomic mass is 10.1. The van der Waals surface area contributed by atoms with Crippen molar-refractivity contribution in [3.8, 4) is 0 Å². The van der Waals surface area contributed by atoms with Gasteiger partial charge in [0.15, 0.2) is 6.61 Å². The number of hydrogen-bond donors (Lipinski definition) is 0. The molecular formula is C24H19N3O6S. The minimum Gasteiger partial charge on any atom is -0.467 e. The van der Waals surface area contributed by atoms with Crippen LogP contribution in [0.1, 0.15) is 50.7 Å². The van der Waals surface area contributed by atoms with Crippen LogP contribution in [-0.4, -0.2) is 52.0 Å². The molecule has 0 fully saturated rings. The summed E-state index contributed by atoms with van der Waals surface area (Å²) < 4.78 is 10.7. The number of furan rings is 1. The van der Waals surface area contributed by atoms with E-state index in [9.17, 15) is 19.2 Å². The molecule has 2 aliphatic heterocycles. The third-order valence-electron chi connectivity index (χ3n) is 5.73. The van der Waals surface area contributed by atoms with Crippen molar-refractivity contribution in [3.63, 3.8) is 0 Å². The van der Waals surface area contributed by atoms with Gasteiger partial charge in [-0.3, -0.25) is 19.3 Å². The summed E-state index contributed by atoms with van der Waals surface area (Å²) in [6.07, 6.45) is 1.98. The van der Waals surface area contributed by atoms with Crippen LogP contribution in [0.15, 0.2) is 69.7 Å². The summed E-state index contributed by atoms with van der Waals surface area (Å²) >= 11 is 1.51. The SMILES string of the molecule is CC(C(=O)OCC(=O)N1N=C(c2cccs2)CC1c1ccco1)N1C(=O)c2ccccc2C1=O. The fourth-order valence-corrected chi connectivity index (χ4v) is 4.74. The topological polar surface area (TPSA) is 109 Å². The lowest BCUT2D eigenvalue weighted by Gasteiger charge is -2.22. The zero-order valence-electron chi connectivity index (χ0n) is 18.0. The molecule has 2 aromatic heterocycles. The molecule has 172 valence electrons. The van der Waals surface area contributed by atoms with Gasteiger partial charge in [-0.2, -0.15) is 5.10 Å². The van der Waals surface area contributed by atoms with E-state index in [4.69, 9.17) is 9.15 Å². The molecule has 1 aromatic carbocycles. The van der Waals surface area contributed by atoms with Crippen LogP contribution in [0, 0.1) is 0 Å². The Morgan fingerprint density at radius 1 is 1.12 bits per heavy atom. The Morgan fingerprint density at radius 3 is 2.47 bits per heavy atom. The first-order chi connectivity index (χ1) is 16.5. The predicted octanol–water partition coefficient (Wildman–Crippen LogP) is 3.25. The standard InChI is InChI=1S/C24H19N3O6S/c1-14(26-22(29)15-6-2-3-7-16(15)23(26)30)24(31)33-13-21(28)27-18(19-8-4-10-32-19)12-17(25-27)20-9-5-11-34-20/h2-11,14,18H,12-13H2,1H3. The van der Waals surface area contributed by atoms with E-state index in [1.54, 1.807) is 24.3 Å². The van der Waals surface area contributed by atoms with Crippen LogP contribution in [0.4, 0.5) is 0 Å². The second kappa shape index (κ2) is 8.71. The molecule has 3 amide bonds. The van der Waals surface area contributed by atoms with Crippen molar-refractivity contribution in [2.75, 3.05) is 6.61 Å². The first-order valence-corrected chi connectivity index (χ1v) is 11.4. The normalized spacial score (nSPS) is 18.1. The van der Waals surface area contributed by atoms with Crippen molar-refractivity contribution < 1.29 is 28.3 Å². The van der Waals surface area contributed by atoms with E-state index in [0.29, 0.717) is 12.2 Å². The van der Waals surface area contributed by atoms with Gasteiger partial charge >= 0.3 is 5.97 Å². The van der Waals surface area contributed by atoms with Gasteiger partial charge in [0.1, 0.15) is 17.8 Å². The fraction of sp³-hybridized carbons (Fsp3) is 0.208. The van der Waals surface area contributed by atoms with Crippen LogP contribution in [0.2, 0.25) is 0 Å². The summed E-state index contributed by atoms with van der Waals surface area (Å²) in [7, 11) is 0. The van der Waals surface area contributed by atoms with Crippen molar-refractivity contribution in [2.45, 2.75) is 25.4 Å². The van der Waals surface area contributed by atoms with Gasteiger partial charge in [-0.25, -0.2) is 9.80 Å². The highest BCUT2D eigenvalue weighted by atomic mass is 32.1. The van der Waals surface area contributed by atoms with Crippen LogP contribution in [0.3, 0.4) is 0 Å². The zero-order chi connectivity index (χ0) is 23.8. The van der Waals surface area contributed by atoms with E-state index in [1.807, 2.05) is 17.5 Å². The molecule has 0 saturated heterocycles. The van der Waals surface area contributed by atoms with Gasteiger partial charge < -0.3 is 9.15 Å². The van der Waals surface area contributed by atoms with Crippen LogP contribution in [0.5, 0.6) is 0 Å². The van der Waals surface area contributed by atoms with Crippen LogP contribution in [0.25, 0.3) is 0 Å². The van der Waals surface area contributed by atoms with Crippen molar-refractivity contribution in [1.29, 1.82) is 0 Å². The number of carbonyl (C=O) groups is 4. The van der Waals surface area contributed by atoms with Gasteiger partial charge in [0.2, 0.25) is 0 Å². The Morgan fingerprint density at radius 2 is 1.85 bits per heavy atom. The number of benzene rings is 1. The van der Waals surface area contributed by atoms with E-state index in [1.165, 1.54) is 41.7 Å². The number of imide groups is 1. The third kappa shape index (κ3) is 3.71. The fourth-order valence-electron chi connectivity index (χ4n) is 4.02. The highest BCUT2D eigenvalue weighted by Crippen LogP contribution is 2.34. The number of hydrogen-bond acceptors (Lipinski definition) is 8. The van der Waals surface area contributed by atoms with Gasteiger partial charge in [-0.15, -0.1) is 11.3 Å². The summed E-state index contributed by atoms with van der Waals surface area (Å²) in [5.41, 5.74) is 1.20. The van der Waals surface area contributed by atoms with Crippen LogP contribution in [-0.2, 0) is 14.3 Å². The lowest BCUT2D eigenvalue weighted by molar-refractivity contribution is -0.155. The number of nitrogens with zero attached hydrogens (tertiary/aromatic N) is 3. The summed E-state index contributed by atoms with van der Waals surface area (Å²) in [5.74, 6) is -1.98. The number of esters is 1. The summed E-state index contributed by atoms with van der Waals surface area (Å²) in [6, 6.07) is 12.0. The largest absolute Gasteiger partial charge is 0.467 e. The Labute approximate surface area is 198 Å². The highest BCUT2D eigenvalue weighted by molar-refractivity contribution is 7.12. The lowest BCUT2D eigenvalue weighted by Crippen LogP contribution is -2.44. The van der Waals surface area contributed by atoms with Crippen LogP contribution >= 0.6 is 11.3 Å². The molecular weight excluding hydrogens is 458 g/mol. The molecule has 0 aliphatic carbocycles. The van der Waals surface area contributed by atoms with Crippen molar-refractivity contribution in [2.24, 2.45) is 5.10 Å². The first kappa shape index (κ1) is 21.8. The molecule has 9 nitrogen and oxygen atoms in total. The maximum Gasteiger partial charge on any atom is 0.329 e. The van der Waals surface area contributed by atoms with Crippen LogP contribution < -0.4 is 0 Å². The molecule has 0 bridgehead atoms. The van der Waals surface area contributed by atoms with Gasteiger partial charge in [0.25, 0.3) is 17.7 Å². The Kier molecular flexibility index (Phi) is 5.58. The molecule has 3 aromatic rings. The average Bonchev–Trinajstić information content (AvgIpc) is 3.64. The summed E-state index contributed by atoms with van der Waals surface area (Å²) in [4.78, 5) is 52.7. The molecule has 34 heavy (non-hydrogen) atoms. The minimum atomic E-state index is -1.19. The van der Waals surface area contributed by atoms with Crippen molar-refractivity contribution in [3.05, 3.63) is 81.9 Å². The zero-order valence-corrected chi connectivity index (χ0v) is 18.9. The molecule has 4 heterocycles. The highest BCUT2D eigenvalue weighted by Gasteiger charge is 2.42. The molecule has 0 spiro atoms. The van der Waals surface area contributed by atoms with E-state index >= 15 is 0 Å². The molecule has 2 aliphatic rings. The number of fused-ring (bicyclic) bond motifs is 1. The predicted molar refractivity (Wildman–Crippen MR) is 121 cm³/mol. The monoisotopic (exact) mass is 477 g/mol. The van der Waals surface area contributed by atoms with Crippen molar-refractivity contribution >= 4 is 40.7 Å². The third-order valence-corrected chi connectivity index (χ3v) is 6.65. The maximum absolute atomic E-state index is 13.0. The number of hydrazone groups is 1. The number of thiophene rings is 1. The summed E-state index contributed by atoms with van der Waals surface area (Å²) in [5, 5.41) is 7.64. The van der Waals surface area contributed by atoms with Gasteiger partial charge in [0, 0.05) is 6.42 Å². The Bertz CT molecular complexity index is 1260. The second-order valence-corrected chi connectivity index (χ2v) is 8.75. The molecule has 0 radical (unpaired) electrons. The number of amides is 3. The van der Waals surface area contributed by atoms with Gasteiger partial charge in [-0.1, -0.05) is 18.2 Å². The van der Waals surface area contributed by atoms with E-state index in [2.05, 4.69) is 5.10 Å². The second-order valence-electron chi connectivity index (χ2n) is 7.81. The Hall–Kier alpha value is -4.05. The molecule has 2 atom stereocenters. The number of rotatable bonds is 6. The number of ether oxygens (including phenoxy) is 1. The van der Waals surface area contributed by atoms with E-state index in [0.717, 1.165) is 15.5 Å². The summed E-state index contributed by atoms with van der Waals surface area (Å²) in [6.45, 7) is 0.799. The van der Waals surface area contributed by atoms with E-state index < -0.39 is 42.4 Å². The van der Waals surface area contributed by atoms with Gasteiger partial charge in [0.05, 0.1) is 28.0 Å². The van der Waals surface area contributed by atoms with Crippen molar-refractivity contribution in [1.82, 2.24) is 9.91 Å². The van der Waals surface area contributed by atoms with Gasteiger partial charge in [-0.05, 0) is 42.6 Å². The smallest absolute Gasteiger partial charge is 0.329 e. The molecule has 10 heteroatoms. The minimum absolute atomic E-state index is 0.233. The quantitative estimate of drug-likeness (QED) is 0.398. The molecule has 0 N–H and O–H groups in total. The maximum atomic E-state index is 13.0. The number of carbonyl (C=O) groups excluding carboxylic acids is 4.